The van der Waals surface area contributed by atoms with E-state index < -0.39 is 0 Å². The maximum absolute atomic E-state index is 10.2. The molecule has 5 heterocycles. The lowest BCUT2D eigenvalue weighted by Crippen LogP contribution is -2.04. The molecule has 0 aliphatic rings. The van der Waals surface area contributed by atoms with E-state index in [4.69, 9.17) is 15.0 Å². The van der Waals surface area contributed by atoms with Crippen molar-refractivity contribution in [3.63, 3.8) is 0 Å². The van der Waals surface area contributed by atoms with E-state index in [0.29, 0.717) is 23.0 Å². The molecule has 11 aromatic carbocycles. The Morgan fingerprint density at radius 3 is 1.37 bits per heavy atom. The first kappa shape index (κ1) is 44.3. The first-order valence-corrected chi connectivity index (χ1v) is 27.6. The van der Waals surface area contributed by atoms with Crippen LogP contribution in [0.5, 0.6) is 0 Å². The second-order valence-electron chi connectivity index (χ2n) is 19.8. The third kappa shape index (κ3) is 6.82. The van der Waals surface area contributed by atoms with Crippen molar-refractivity contribution in [2.75, 3.05) is 0 Å². The lowest BCUT2D eigenvalue weighted by atomic mass is 9.94. The molecule has 0 aliphatic carbocycles. The summed E-state index contributed by atoms with van der Waals surface area (Å²) in [5.41, 5.74) is 13.7. The van der Waals surface area contributed by atoms with Gasteiger partial charge in [0.2, 0.25) is 0 Å². The van der Waals surface area contributed by atoms with Crippen molar-refractivity contribution in [3.05, 3.63) is 248 Å². The maximum Gasteiger partial charge on any atom is 0.164 e. The Labute approximate surface area is 455 Å². The number of nitrogens with zero attached hydrogens (tertiary/aromatic N) is 6. The van der Waals surface area contributed by atoms with Crippen LogP contribution in [0.4, 0.5) is 0 Å². The van der Waals surface area contributed by atoms with Crippen LogP contribution in [0.1, 0.15) is 5.56 Å². The molecule has 8 heteroatoms. The van der Waals surface area contributed by atoms with Gasteiger partial charge in [-0.1, -0.05) is 170 Å². The van der Waals surface area contributed by atoms with E-state index in [-0.39, 0.29) is 0 Å². The van der Waals surface area contributed by atoms with Gasteiger partial charge in [0.25, 0.3) is 0 Å². The Bertz CT molecular complexity index is 5120. The summed E-state index contributed by atoms with van der Waals surface area (Å²) in [4.78, 5) is 15.7. The summed E-state index contributed by atoms with van der Waals surface area (Å²) in [7, 11) is 0. The molecule has 16 rings (SSSR count). The fourth-order valence-electron chi connectivity index (χ4n) is 11.9. The van der Waals surface area contributed by atoms with Crippen LogP contribution >= 0.6 is 22.7 Å². The minimum absolute atomic E-state index is 0.570. The second kappa shape index (κ2) is 17.5. The Morgan fingerprint density at radius 1 is 0.321 bits per heavy atom. The van der Waals surface area contributed by atoms with Gasteiger partial charge in [-0.25, -0.2) is 15.0 Å². The average Bonchev–Trinajstić information content (AvgIpc) is 4.39. The summed E-state index contributed by atoms with van der Waals surface area (Å²) >= 11 is 3.72. The number of benzene rings is 11. The van der Waals surface area contributed by atoms with Gasteiger partial charge >= 0.3 is 0 Å². The number of hydrogen-bond acceptors (Lipinski definition) is 6. The van der Waals surface area contributed by atoms with Crippen LogP contribution in [0.25, 0.3) is 152 Å². The zero-order chi connectivity index (χ0) is 51.4. The van der Waals surface area contributed by atoms with E-state index in [9.17, 15) is 5.26 Å². The van der Waals surface area contributed by atoms with Crippen LogP contribution in [0, 0.1) is 11.3 Å². The Kier molecular flexibility index (Phi) is 9.94. The molecule has 0 radical (unpaired) electrons. The molecule has 6 nitrogen and oxygen atoms in total. The molecule has 0 saturated heterocycles. The molecule has 0 atom stereocenters. The number of para-hydroxylation sites is 2. The number of rotatable bonds is 7. The second-order valence-corrected chi connectivity index (χ2v) is 21.9. The van der Waals surface area contributed by atoms with Crippen LogP contribution in [0.15, 0.2) is 243 Å². The van der Waals surface area contributed by atoms with Crippen LogP contribution in [-0.4, -0.2) is 24.1 Å². The zero-order valence-electron chi connectivity index (χ0n) is 41.6. The van der Waals surface area contributed by atoms with Gasteiger partial charge in [0, 0.05) is 89.7 Å². The van der Waals surface area contributed by atoms with Crippen molar-refractivity contribution in [1.82, 2.24) is 24.1 Å². The van der Waals surface area contributed by atoms with Gasteiger partial charge in [0.05, 0.1) is 45.1 Å². The molecular weight excluding hydrogens is 989 g/mol. The number of thiophene rings is 2. The van der Waals surface area contributed by atoms with E-state index in [1.54, 1.807) is 0 Å². The summed E-state index contributed by atoms with van der Waals surface area (Å²) in [5.74, 6) is 1.77. The highest BCUT2D eigenvalue weighted by molar-refractivity contribution is 7.27. The number of aromatic nitrogens is 5. The monoisotopic (exact) mass is 1030 g/mol. The lowest BCUT2D eigenvalue weighted by molar-refractivity contribution is 1.07. The molecule has 0 fully saturated rings. The highest BCUT2D eigenvalue weighted by Gasteiger charge is 2.25. The first-order valence-electron chi connectivity index (χ1n) is 26.0. The Hall–Kier alpha value is -10.0. The molecule has 0 amide bonds. The van der Waals surface area contributed by atoms with Gasteiger partial charge < -0.3 is 9.13 Å². The van der Waals surface area contributed by atoms with Crippen LogP contribution in [-0.2, 0) is 0 Å². The molecule has 0 bridgehead atoms. The molecule has 16 aromatic rings. The molecule has 0 saturated carbocycles. The van der Waals surface area contributed by atoms with Gasteiger partial charge in [0.15, 0.2) is 17.5 Å². The molecule has 0 aliphatic heterocycles. The third-order valence-corrected chi connectivity index (χ3v) is 17.8. The highest BCUT2D eigenvalue weighted by Crippen LogP contribution is 2.48. The SMILES string of the molecule is N#Cc1cccc(-c2ccc(-c3cc(-c4nc(-c5ccccc5)nc(-c5ccccc5)n4)ccc3-n3c4ccccc4c4c5sc6ccccc6c5ccc43)c(-n3c4ccccc4c4c5sc6ccccc6c5ccc43)c2)c1. The smallest absolute Gasteiger partial charge is 0.164 e. The summed E-state index contributed by atoms with van der Waals surface area (Å²) in [6, 6.07) is 88.6. The van der Waals surface area contributed by atoms with Crippen molar-refractivity contribution < 1.29 is 0 Å². The van der Waals surface area contributed by atoms with Crippen molar-refractivity contribution in [2.45, 2.75) is 0 Å². The molecule has 0 unspecified atom stereocenters. The molecule has 0 spiro atoms. The van der Waals surface area contributed by atoms with E-state index >= 15 is 0 Å². The highest BCUT2D eigenvalue weighted by atomic mass is 32.1. The standard InChI is InChI=1S/C70H40N6S2/c71-41-42-16-15-21-45(38-42)46-30-32-48(61(40-46)76-57-27-12-8-25-54(57)65-60(76)37-34-52-50-23-10-14-29-63(50)78-67(52)65)55-39-47(70-73-68(43-17-3-1-4-18-43)72-69(74-70)44-19-5-2-6-20-44)31-35-58(55)75-56-26-11-7-24-53(56)64-59(75)36-33-51-49-22-9-13-28-62(49)77-66(51)64/h1-40H. The van der Waals surface area contributed by atoms with E-state index in [0.717, 1.165) is 72.4 Å². The predicted octanol–water partition coefficient (Wildman–Crippen LogP) is 19.0. The zero-order valence-corrected chi connectivity index (χ0v) is 43.2. The first-order chi connectivity index (χ1) is 38.6. The quantitative estimate of drug-likeness (QED) is 0.159. The predicted molar refractivity (Wildman–Crippen MR) is 326 cm³/mol. The molecular formula is C70H40N6S2. The van der Waals surface area contributed by atoms with Gasteiger partial charge in [-0.05, 0) is 83.9 Å². The number of hydrogen-bond donors (Lipinski definition) is 0. The topological polar surface area (TPSA) is 72.3 Å². The molecule has 0 N–H and O–H groups in total. The third-order valence-electron chi connectivity index (χ3n) is 15.4. The van der Waals surface area contributed by atoms with Crippen LogP contribution in [0.2, 0.25) is 0 Å². The summed E-state index contributed by atoms with van der Waals surface area (Å²) in [6.45, 7) is 0. The molecule has 362 valence electrons. The van der Waals surface area contributed by atoms with Crippen molar-refractivity contribution in [3.8, 4) is 73.9 Å². The molecule has 78 heavy (non-hydrogen) atoms. The van der Waals surface area contributed by atoms with Gasteiger partial charge in [-0.15, -0.1) is 22.7 Å². The Balaban J connectivity index is 1.04. The summed E-state index contributed by atoms with van der Waals surface area (Å²) in [6.07, 6.45) is 0. The van der Waals surface area contributed by atoms with E-state index in [1.165, 1.54) is 61.9 Å². The lowest BCUT2D eigenvalue weighted by Gasteiger charge is -2.21. The van der Waals surface area contributed by atoms with Crippen molar-refractivity contribution in [2.24, 2.45) is 0 Å². The number of nitriles is 1. The molecule has 5 aromatic heterocycles. The van der Waals surface area contributed by atoms with Crippen molar-refractivity contribution in [1.29, 1.82) is 5.26 Å². The van der Waals surface area contributed by atoms with Crippen LogP contribution < -0.4 is 0 Å². The van der Waals surface area contributed by atoms with Gasteiger partial charge in [-0.3, -0.25) is 0 Å². The van der Waals surface area contributed by atoms with Gasteiger partial charge in [0.1, 0.15) is 0 Å². The minimum Gasteiger partial charge on any atom is -0.309 e. The minimum atomic E-state index is 0.570. The normalized spacial score (nSPS) is 11.8. The summed E-state index contributed by atoms with van der Waals surface area (Å²) in [5, 5.41) is 20.1. The van der Waals surface area contributed by atoms with Crippen LogP contribution in [0.3, 0.4) is 0 Å². The number of fused-ring (bicyclic) bond motifs is 14. The maximum atomic E-state index is 10.2. The fourth-order valence-corrected chi connectivity index (χ4v) is 14.4. The Morgan fingerprint density at radius 2 is 0.795 bits per heavy atom. The fraction of sp³-hybridized carbons (Fsp3) is 0. The summed E-state index contributed by atoms with van der Waals surface area (Å²) < 4.78 is 10.0. The largest absolute Gasteiger partial charge is 0.309 e. The van der Waals surface area contributed by atoms with E-state index in [2.05, 4.69) is 203 Å². The average molecular weight is 1030 g/mol. The van der Waals surface area contributed by atoms with Crippen molar-refractivity contribution >= 4 is 107 Å². The van der Waals surface area contributed by atoms with E-state index in [1.807, 2.05) is 77.3 Å². The van der Waals surface area contributed by atoms with Gasteiger partial charge in [-0.2, -0.15) is 5.26 Å².